The molecule has 2 aromatic rings. The predicted molar refractivity (Wildman–Crippen MR) is 77.4 cm³/mol. The Hall–Kier alpha value is -1.07. The van der Waals surface area contributed by atoms with Crippen LogP contribution in [0.15, 0.2) is 23.1 Å². The summed E-state index contributed by atoms with van der Waals surface area (Å²) in [5.41, 5.74) is 0.960. The summed E-state index contributed by atoms with van der Waals surface area (Å²) in [6.07, 6.45) is 5.27. The first-order valence-electron chi connectivity index (χ1n) is 6.02. The Morgan fingerprint density at radius 1 is 1.50 bits per heavy atom. The van der Waals surface area contributed by atoms with Gasteiger partial charge in [0.25, 0.3) is 0 Å². The average Bonchev–Trinajstić information content (AvgIpc) is 2.67. The number of benzene rings is 1. The van der Waals surface area contributed by atoms with Gasteiger partial charge in [0.2, 0.25) is 5.91 Å². The third-order valence-corrected chi connectivity index (χ3v) is 4.96. The van der Waals surface area contributed by atoms with E-state index in [2.05, 4.69) is 28.7 Å². The molecule has 5 heteroatoms. The molecule has 0 saturated heterocycles. The van der Waals surface area contributed by atoms with Gasteiger partial charge in [-0.15, -0.1) is 11.8 Å². The van der Waals surface area contributed by atoms with Crippen molar-refractivity contribution in [3.63, 3.8) is 0 Å². The fourth-order valence-corrected chi connectivity index (χ4v) is 3.39. The van der Waals surface area contributed by atoms with E-state index in [0.717, 1.165) is 28.2 Å². The lowest BCUT2D eigenvalue weighted by atomic mass is 9.85. The van der Waals surface area contributed by atoms with Gasteiger partial charge in [0, 0.05) is 10.8 Å². The summed E-state index contributed by atoms with van der Waals surface area (Å²) in [4.78, 5) is 17.5. The van der Waals surface area contributed by atoms with Crippen molar-refractivity contribution in [3.8, 4) is 0 Å². The first-order valence-corrected chi connectivity index (χ1v) is 8.06. The Labute approximate surface area is 114 Å². The van der Waals surface area contributed by atoms with Crippen molar-refractivity contribution in [1.82, 2.24) is 4.98 Å². The average molecular weight is 278 g/mol. The molecule has 1 N–H and O–H groups in total. The molecule has 0 bridgehead atoms. The zero-order chi connectivity index (χ0) is 12.5. The molecule has 0 aliphatic heterocycles. The molecule has 0 radical (unpaired) electrons. The first kappa shape index (κ1) is 12.0. The molecule has 0 spiro atoms. The van der Waals surface area contributed by atoms with E-state index >= 15 is 0 Å². The van der Waals surface area contributed by atoms with Crippen molar-refractivity contribution in [3.05, 3.63) is 18.2 Å². The number of thioether (sulfide) groups is 1. The maximum absolute atomic E-state index is 11.8. The topological polar surface area (TPSA) is 42.0 Å². The largest absolute Gasteiger partial charge is 0.302 e. The molecule has 18 heavy (non-hydrogen) atoms. The quantitative estimate of drug-likeness (QED) is 0.869. The Morgan fingerprint density at radius 2 is 2.33 bits per heavy atom. The summed E-state index contributed by atoms with van der Waals surface area (Å²) >= 11 is 3.27. The molecule has 0 atom stereocenters. The monoisotopic (exact) mass is 278 g/mol. The highest BCUT2D eigenvalue weighted by Gasteiger charge is 2.25. The second-order valence-corrected chi connectivity index (χ2v) is 6.38. The van der Waals surface area contributed by atoms with Crippen LogP contribution in [0.5, 0.6) is 0 Å². The van der Waals surface area contributed by atoms with E-state index in [0.29, 0.717) is 0 Å². The van der Waals surface area contributed by atoms with Gasteiger partial charge in [0.15, 0.2) is 5.13 Å². The number of nitrogens with one attached hydrogen (secondary N) is 1. The van der Waals surface area contributed by atoms with E-state index in [4.69, 9.17) is 0 Å². The van der Waals surface area contributed by atoms with E-state index in [1.165, 1.54) is 11.3 Å². The molecule has 0 unspecified atom stereocenters. The summed E-state index contributed by atoms with van der Waals surface area (Å²) in [5, 5.41) is 3.65. The van der Waals surface area contributed by atoms with Crippen LogP contribution in [-0.4, -0.2) is 17.1 Å². The summed E-state index contributed by atoms with van der Waals surface area (Å²) in [5.74, 6) is 0.337. The Bertz CT molecular complexity index is 590. The summed E-state index contributed by atoms with van der Waals surface area (Å²) < 4.78 is 1.13. The van der Waals surface area contributed by atoms with Gasteiger partial charge in [-0.3, -0.25) is 4.79 Å². The van der Waals surface area contributed by atoms with Gasteiger partial charge in [-0.2, -0.15) is 0 Å². The molecule has 1 fully saturated rings. The van der Waals surface area contributed by atoms with Crippen LogP contribution in [0.1, 0.15) is 19.3 Å². The van der Waals surface area contributed by atoms with Gasteiger partial charge < -0.3 is 5.32 Å². The fourth-order valence-electron chi connectivity index (χ4n) is 1.96. The van der Waals surface area contributed by atoms with Gasteiger partial charge in [-0.05, 0) is 37.3 Å². The van der Waals surface area contributed by atoms with Crippen molar-refractivity contribution >= 4 is 44.4 Å². The van der Waals surface area contributed by atoms with E-state index in [9.17, 15) is 4.79 Å². The van der Waals surface area contributed by atoms with Crippen LogP contribution in [0, 0.1) is 5.92 Å². The molecule has 1 aromatic heterocycles. The van der Waals surface area contributed by atoms with Crippen molar-refractivity contribution in [2.24, 2.45) is 5.92 Å². The number of nitrogens with zero attached hydrogens (tertiary/aromatic N) is 1. The smallest absolute Gasteiger partial charge is 0.229 e. The van der Waals surface area contributed by atoms with E-state index in [-0.39, 0.29) is 11.8 Å². The van der Waals surface area contributed by atoms with Crippen LogP contribution >= 0.6 is 23.1 Å². The maximum atomic E-state index is 11.8. The number of hydrogen-bond acceptors (Lipinski definition) is 4. The van der Waals surface area contributed by atoms with Gasteiger partial charge in [-0.25, -0.2) is 4.98 Å². The molecular formula is C13H14N2OS2. The molecule has 94 valence electrons. The zero-order valence-electron chi connectivity index (χ0n) is 10.1. The second kappa shape index (κ2) is 4.90. The van der Waals surface area contributed by atoms with Crippen molar-refractivity contribution in [2.75, 3.05) is 11.6 Å². The van der Waals surface area contributed by atoms with Gasteiger partial charge in [0.05, 0.1) is 10.2 Å². The Balaban J connectivity index is 1.81. The number of aromatic nitrogens is 1. The minimum absolute atomic E-state index is 0.130. The third-order valence-electron chi connectivity index (χ3n) is 3.30. The Kier molecular flexibility index (Phi) is 3.26. The van der Waals surface area contributed by atoms with Gasteiger partial charge in [0.1, 0.15) is 0 Å². The number of amides is 1. The van der Waals surface area contributed by atoms with Crippen LogP contribution in [0.3, 0.4) is 0 Å². The van der Waals surface area contributed by atoms with Crippen LogP contribution in [0.2, 0.25) is 0 Å². The number of rotatable bonds is 3. The summed E-state index contributed by atoms with van der Waals surface area (Å²) in [6, 6.07) is 6.19. The summed E-state index contributed by atoms with van der Waals surface area (Å²) in [6.45, 7) is 0. The van der Waals surface area contributed by atoms with E-state index in [1.54, 1.807) is 23.1 Å². The van der Waals surface area contributed by atoms with E-state index in [1.807, 2.05) is 6.07 Å². The zero-order valence-corrected chi connectivity index (χ0v) is 11.7. The molecule has 1 aliphatic rings. The lowest BCUT2D eigenvalue weighted by Gasteiger charge is -2.23. The fraction of sp³-hybridized carbons (Fsp3) is 0.385. The van der Waals surface area contributed by atoms with Gasteiger partial charge >= 0.3 is 0 Å². The standard InChI is InChI=1S/C13H14N2OS2/c1-17-9-5-6-10-11(7-9)18-13(14-10)15-12(16)8-3-2-4-8/h5-8H,2-4H2,1H3,(H,14,15,16). The minimum atomic E-state index is 0.130. The van der Waals surface area contributed by atoms with Crippen LogP contribution in [0.4, 0.5) is 5.13 Å². The normalized spacial score (nSPS) is 15.6. The van der Waals surface area contributed by atoms with Crippen molar-refractivity contribution in [1.29, 1.82) is 0 Å². The number of carbonyl (C=O) groups excluding carboxylic acids is 1. The molecule has 1 aromatic carbocycles. The number of carbonyl (C=O) groups is 1. The minimum Gasteiger partial charge on any atom is -0.302 e. The lowest BCUT2D eigenvalue weighted by molar-refractivity contribution is -0.122. The molecular weight excluding hydrogens is 264 g/mol. The molecule has 1 amide bonds. The van der Waals surface area contributed by atoms with Crippen LogP contribution in [-0.2, 0) is 4.79 Å². The highest BCUT2D eigenvalue weighted by molar-refractivity contribution is 7.98. The molecule has 3 rings (SSSR count). The Morgan fingerprint density at radius 3 is 3.00 bits per heavy atom. The van der Waals surface area contributed by atoms with Crippen molar-refractivity contribution < 1.29 is 4.79 Å². The van der Waals surface area contributed by atoms with Crippen molar-refractivity contribution in [2.45, 2.75) is 24.2 Å². The van der Waals surface area contributed by atoms with Gasteiger partial charge in [-0.1, -0.05) is 17.8 Å². The van der Waals surface area contributed by atoms with Crippen LogP contribution < -0.4 is 5.32 Å². The third kappa shape index (κ3) is 2.24. The predicted octanol–water partition coefficient (Wildman–Crippen LogP) is 3.76. The second-order valence-electron chi connectivity index (χ2n) is 4.47. The molecule has 3 nitrogen and oxygen atoms in total. The lowest BCUT2D eigenvalue weighted by Crippen LogP contribution is -2.27. The molecule has 1 aliphatic carbocycles. The first-order chi connectivity index (χ1) is 8.76. The van der Waals surface area contributed by atoms with E-state index < -0.39 is 0 Å². The van der Waals surface area contributed by atoms with Crippen LogP contribution in [0.25, 0.3) is 10.2 Å². The summed E-state index contributed by atoms with van der Waals surface area (Å²) in [7, 11) is 0. The molecule has 1 saturated carbocycles. The number of fused-ring (bicyclic) bond motifs is 1. The SMILES string of the molecule is CSc1ccc2nc(NC(=O)C3CCC3)sc2c1. The highest BCUT2D eigenvalue weighted by Crippen LogP contribution is 2.31. The maximum Gasteiger partial charge on any atom is 0.229 e. The number of anilines is 1. The highest BCUT2D eigenvalue weighted by atomic mass is 32.2. The molecule has 1 heterocycles. The number of thiazole rings is 1. The number of hydrogen-bond donors (Lipinski definition) is 1.